The molecule has 0 radical (unpaired) electrons. The summed E-state index contributed by atoms with van der Waals surface area (Å²) in [5.41, 5.74) is 1.69. The van der Waals surface area contributed by atoms with Crippen molar-refractivity contribution < 1.29 is 14.3 Å². The van der Waals surface area contributed by atoms with E-state index in [0.717, 1.165) is 36.5 Å². The quantitative estimate of drug-likeness (QED) is 0.493. The number of benzene rings is 2. The number of rotatable bonds is 9. The van der Waals surface area contributed by atoms with Gasteiger partial charge < -0.3 is 15.0 Å². The Morgan fingerprint density at radius 2 is 1.82 bits per heavy atom. The molecule has 33 heavy (non-hydrogen) atoms. The fourth-order valence-electron chi connectivity index (χ4n) is 3.79. The van der Waals surface area contributed by atoms with Crippen molar-refractivity contribution in [3.8, 4) is 5.75 Å². The Morgan fingerprint density at radius 1 is 1.09 bits per heavy atom. The van der Waals surface area contributed by atoms with E-state index >= 15 is 0 Å². The molecule has 2 heterocycles. The highest BCUT2D eigenvalue weighted by Crippen LogP contribution is 2.19. The van der Waals surface area contributed by atoms with Crippen molar-refractivity contribution >= 4 is 34.8 Å². The van der Waals surface area contributed by atoms with Crippen LogP contribution < -0.4 is 10.1 Å². The second-order valence-electron chi connectivity index (χ2n) is 7.99. The summed E-state index contributed by atoms with van der Waals surface area (Å²) in [5.74, 6) is 0.483. The first-order valence-corrected chi connectivity index (χ1v) is 12.3. The average molecular weight is 484 g/mol. The summed E-state index contributed by atoms with van der Waals surface area (Å²) in [6.45, 7) is 1.82. The average Bonchev–Trinajstić information content (AvgIpc) is 3.51. The maximum Gasteiger partial charge on any atom is 0.245 e. The summed E-state index contributed by atoms with van der Waals surface area (Å²) in [6.07, 6.45) is 2.62. The van der Waals surface area contributed by atoms with E-state index in [2.05, 4.69) is 10.3 Å². The molecule has 3 aromatic rings. The largest absolute Gasteiger partial charge is 0.486 e. The highest BCUT2D eigenvalue weighted by Gasteiger charge is 2.28. The molecule has 1 aliphatic heterocycles. The van der Waals surface area contributed by atoms with Crippen molar-refractivity contribution in [3.05, 3.63) is 81.3 Å². The summed E-state index contributed by atoms with van der Waals surface area (Å²) < 4.78 is 5.72. The van der Waals surface area contributed by atoms with Gasteiger partial charge >= 0.3 is 0 Å². The molecule has 4 rings (SSSR count). The first kappa shape index (κ1) is 23.3. The van der Waals surface area contributed by atoms with Crippen LogP contribution in [-0.4, -0.2) is 40.8 Å². The van der Waals surface area contributed by atoms with Crippen molar-refractivity contribution in [1.29, 1.82) is 0 Å². The highest BCUT2D eigenvalue weighted by atomic mass is 35.5. The van der Waals surface area contributed by atoms with E-state index in [4.69, 9.17) is 16.3 Å². The number of ether oxygens (including phenoxy) is 1. The fourth-order valence-corrected chi connectivity index (χ4v) is 4.62. The normalized spacial score (nSPS) is 14.2. The number of hydrogen-bond donors (Lipinski definition) is 1. The van der Waals surface area contributed by atoms with Crippen molar-refractivity contribution in [3.63, 3.8) is 0 Å². The van der Waals surface area contributed by atoms with Gasteiger partial charge in [-0.25, -0.2) is 4.98 Å². The molecule has 0 bridgehead atoms. The zero-order valence-corrected chi connectivity index (χ0v) is 19.8. The van der Waals surface area contributed by atoms with Crippen LogP contribution in [0.4, 0.5) is 0 Å². The van der Waals surface area contributed by atoms with Crippen molar-refractivity contribution in [1.82, 2.24) is 15.2 Å². The molecule has 1 fully saturated rings. The van der Waals surface area contributed by atoms with Gasteiger partial charge in [-0.05, 0) is 42.7 Å². The zero-order valence-electron chi connectivity index (χ0n) is 18.2. The Balaban J connectivity index is 1.34. The molecule has 1 unspecified atom stereocenters. The van der Waals surface area contributed by atoms with E-state index in [1.807, 2.05) is 40.6 Å². The molecular weight excluding hydrogens is 458 g/mol. The highest BCUT2D eigenvalue weighted by molar-refractivity contribution is 7.09. The third-order valence-corrected chi connectivity index (χ3v) is 6.57. The summed E-state index contributed by atoms with van der Waals surface area (Å²) in [7, 11) is 0. The number of amides is 2. The first-order chi connectivity index (χ1) is 16.1. The smallest absolute Gasteiger partial charge is 0.245 e. The number of aromatic nitrogens is 1. The molecule has 2 amide bonds. The van der Waals surface area contributed by atoms with Crippen LogP contribution in [0.2, 0.25) is 5.02 Å². The Morgan fingerprint density at radius 3 is 2.55 bits per heavy atom. The number of nitrogens with one attached hydrogen (secondary N) is 1. The molecule has 1 aliphatic rings. The van der Waals surface area contributed by atoms with Crippen molar-refractivity contribution in [2.45, 2.75) is 38.3 Å². The SMILES string of the molecule is O=C(Cc1csc(COc2ccc(Cl)cc2)n1)NC(Cc1ccccc1)C(=O)N1CCCC1. The lowest BCUT2D eigenvalue weighted by Crippen LogP contribution is -2.49. The van der Waals surface area contributed by atoms with Gasteiger partial charge in [0.25, 0.3) is 0 Å². The number of carbonyl (C=O) groups is 2. The van der Waals surface area contributed by atoms with Crippen LogP contribution in [0.15, 0.2) is 60.0 Å². The standard InChI is InChI=1S/C25H26ClN3O3S/c26-19-8-10-21(11-9-19)32-16-24-27-20(17-33-24)15-23(30)28-22(14-18-6-2-1-3-7-18)25(31)29-12-4-5-13-29/h1-3,6-11,17,22H,4-5,12-16H2,(H,28,30). The van der Waals surface area contributed by atoms with Crippen LogP contribution in [0.1, 0.15) is 29.1 Å². The molecule has 1 aromatic heterocycles. The summed E-state index contributed by atoms with van der Waals surface area (Å²) >= 11 is 7.34. The Hall–Kier alpha value is -2.90. The van der Waals surface area contributed by atoms with Crippen LogP contribution in [0.3, 0.4) is 0 Å². The van der Waals surface area contributed by atoms with Crippen LogP contribution in [-0.2, 0) is 29.0 Å². The van der Waals surface area contributed by atoms with Gasteiger partial charge in [0, 0.05) is 29.9 Å². The number of likely N-dealkylation sites (tertiary alicyclic amines) is 1. The summed E-state index contributed by atoms with van der Waals surface area (Å²) in [4.78, 5) is 32.2. The molecule has 6 nitrogen and oxygen atoms in total. The lowest BCUT2D eigenvalue weighted by Gasteiger charge is -2.24. The monoisotopic (exact) mass is 483 g/mol. The first-order valence-electron chi connectivity index (χ1n) is 11.0. The van der Waals surface area contributed by atoms with Gasteiger partial charge in [-0.1, -0.05) is 41.9 Å². The van der Waals surface area contributed by atoms with Crippen LogP contribution in [0.5, 0.6) is 5.75 Å². The molecule has 0 aliphatic carbocycles. The minimum absolute atomic E-state index is 0.0139. The molecule has 0 saturated carbocycles. The Labute approximate surface area is 202 Å². The van der Waals surface area contributed by atoms with Gasteiger partial charge in [-0.3, -0.25) is 9.59 Å². The molecule has 1 atom stereocenters. The minimum Gasteiger partial charge on any atom is -0.486 e. The van der Waals surface area contributed by atoms with E-state index in [1.165, 1.54) is 11.3 Å². The molecule has 1 saturated heterocycles. The Bertz CT molecular complexity index is 1070. The molecule has 0 spiro atoms. The van der Waals surface area contributed by atoms with Crippen LogP contribution in [0, 0.1) is 0 Å². The van der Waals surface area contributed by atoms with Crippen molar-refractivity contribution in [2.24, 2.45) is 0 Å². The van der Waals surface area contributed by atoms with Crippen molar-refractivity contribution in [2.75, 3.05) is 13.1 Å². The number of halogens is 1. The zero-order chi connectivity index (χ0) is 23.0. The van der Waals surface area contributed by atoms with Crippen LogP contribution in [0.25, 0.3) is 0 Å². The second kappa shape index (κ2) is 11.3. The van der Waals surface area contributed by atoms with Gasteiger partial charge in [0.1, 0.15) is 23.4 Å². The van der Waals surface area contributed by atoms with Crippen LogP contribution >= 0.6 is 22.9 Å². The molecule has 172 valence electrons. The van der Waals surface area contributed by atoms with E-state index in [9.17, 15) is 9.59 Å². The van der Waals surface area contributed by atoms with Gasteiger partial charge in [0.2, 0.25) is 11.8 Å². The molecular formula is C25H26ClN3O3S. The van der Waals surface area contributed by atoms with Gasteiger partial charge in [0.05, 0.1) is 12.1 Å². The predicted octanol–water partition coefficient (Wildman–Crippen LogP) is 4.27. The number of carbonyl (C=O) groups excluding carboxylic acids is 2. The van der Waals surface area contributed by atoms with E-state index in [1.54, 1.807) is 24.3 Å². The number of nitrogens with zero attached hydrogens (tertiary/aromatic N) is 2. The number of thiazole rings is 1. The maximum atomic E-state index is 13.1. The second-order valence-corrected chi connectivity index (χ2v) is 9.37. The predicted molar refractivity (Wildman–Crippen MR) is 129 cm³/mol. The van der Waals surface area contributed by atoms with Gasteiger partial charge in [-0.2, -0.15) is 0 Å². The lowest BCUT2D eigenvalue weighted by atomic mass is 10.0. The third-order valence-electron chi connectivity index (χ3n) is 5.45. The molecule has 1 N–H and O–H groups in total. The lowest BCUT2D eigenvalue weighted by molar-refractivity contribution is -0.135. The molecule has 8 heteroatoms. The maximum absolute atomic E-state index is 13.1. The Kier molecular flexibility index (Phi) is 7.96. The minimum atomic E-state index is -0.579. The van der Waals surface area contributed by atoms with E-state index in [-0.39, 0.29) is 18.2 Å². The van der Waals surface area contributed by atoms with E-state index in [0.29, 0.717) is 29.5 Å². The van der Waals surface area contributed by atoms with Gasteiger partial charge in [0.15, 0.2) is 0 Å². The summed E-state index contributed by atoms with van der Waals surface area (Å²) in [6, 6.07) is 16.3. The van der Waals surface area contributed by atoms with Gasteiger partial charge in [-0.15, -0.1) is 11.3 Å². The van der Waals surface area contributed by atoms with E-state index < -0.39 is 6.04 Å². The third kappa shape index (κ3) is 6.79. The fraction of sp³-hybridized carbons (Fsp3) is 0.320. The summed E-state index contributed by atoms with van der Waals surface area (Å²) in [5, 5.41) is 6.24. The number of hydrogen-bond acceptors (Lipinski definition) is 5. The topological polar surface area (TPSA) is 71.5 Å². The molecule has 2 aromatic carbocycles.